The van der Waals surface area contributed by atoms with Crippen LogP contribution in [0.25, 0.3) is 5.52 Å². The van der Waals surface area contributed by atoms with E-state index in [4.69, 9.17) is 0 Å². The van der Waals surface area contributed by atoms with E-state index >= 15 is 0 Å². The largest absolute Gasteiger partial charge is 0.368 e. The third-order valence-electron chi connectivity index (χ3n) is 3.44. The normalized spacial score (nSPS) is 11.6. The van der Waals surface area contributed by atoms with Gasteiger partial charge in [0.25, 0.3) is 0 Å². The molecule has 0 aliphatic carbocycles. The zero-order chi connectivity index (χ0) is 13.7. The lowest BCUT2D eigenvalue weighted by Crippen LogP contribution is -2.27. The summed E-state index contributed by atoms with van der Waals surface area (Å²) in [4.78, 5) is 6.73. The molecule has 0 unspecified atom stereocenters. The fourth-order valence-corrected chi connectivity index (χ4v) is 1.95. The van der Waals surface area contributed by atoms with Gasteiger partial charge in [-0.05, 0) is 46.3 Å². The van der Waals surface area contributed by atoms with Crippen LogP contribution in [0.1, 0.15) is 26.7 Å². The van der Waals surface area contributed by atoms with Gasteiger partial charge in [-0.2, -0.15) is 5.10 Å². The first-order valence-corrected chi connectivity index (χ1v) is 6.91. The van der Waals surface area contributed by atoms with Crippen molar-refractivity contribution >= 4 is 11.3 Å². The number of hydrogen-bond acceptors (Lipinski definition) is 4. The van der Waals surface area contributed by atoms with Crippen LogP contribution in [-0.2, 0) is 0 Å². The van der Waals surface area contributed by atoms with E-state index in [1.807, 2.05) is 16.8 Å². The summed E-state index contributed by atoms with van der Waals surface area (Å²) in [7, 11) is 2.17. The van der Waals surface area contributed by atoms with Crippen LogP contribution in [0.3, 0.4) is 0 Å². The van der Waals surface area contributed by atoms with Crippen LogP contribution >= 0.6 is 0 Å². The number of fused-ring (bicyclic) bond motifs is 1. The van der Waals surface area contributed by atoms with Crippen molar-refractivity contribution in [2.45, 2.75) is 32.7 Å². The monoisotopic (exact) mass is 261 g/mol. The quantitative estimate of drug-likeness (QED) is 0.777. The van der Waals surface area contributed by atoms with Crippen molar-refractivity contribution in [2.75, 3.05) is 25.5 Å². The van der Waals surface area contributed by atoms with E-state index in [-0.39, 0.29) is 0 Å². The van der Waals surface area contributed by atoms with Crippen LogP contribution in [0.15, 0.2) is 24.7 Å². The maximum atomic E-state index is 4.36. The van der Waals surface area contributed by atoms with Gasteiger partial charge < -0.3 is 10.2 Å². The van der Waals surface area contributed by atoms with E-state index in [1.54, 1.807) is 12.4 Å². The lowest BCUT2D eigenvalue weighted by atomic mass is 10.2. The Labute approximate surface area is 114 Å². The van der Waals surface area contributed by atoms with E-state index in [1.165, 1.54) is 6.42 Å². The van der Waals surface area contributed by atoms with Gasteiger partial charge in [0.15, 0.2) is 5.82 Å². The number of anilines is 1. The smallest absolute Gasteiger partial charge is 0.152 e. The number of aromatic nitrogens is 3. The second kappa shape index (κ2) is 6.52. The van der Waals surface area contributed by atoms with E-state index in [9.17, 15) is 0 Å². The number of rotatable bonds is 7. The summed E-state index contributed by atoms with van der Waals surface area (Å²) in [5, 5.41) is 7.58. The standard InChI is InChI=1S/C14H23N5/c1-12(2)18(3)10-5-4-7-15-14-13-6-8-17-19(13)11-9-16-14/h6,8-9,11-12H,4-5,7,10H2,1-3H3,(H,15,16). The van der Waals surface area contributed by atoms with Crippen molar-refractivity contribution in [3.63, 3.8) is 0 Å². The fourth-order valence-electron chi connectivity index (χ4n) is 1.95. The molecule has 2 aromatic heterocycles. The molecule has 19 heavy (non-hydrogen) atoms. The molecule has 2 rings (SSSR count). The van der Waals surface area contributed by atoms with Crippen molar-refractivity contribution in [1.82, 2.24) is 19.5 Å². The summed E-state index contributed by atoms with van der Waals surface area (Å²) < 4.78 is 1.84. The Kier molecular flexibility index (Phi) is 4.74. The molecule has 0 bridgehead atoms. The summed E-state index contributed by atoms with van der Waals surface area (Å²) in [5.41, 5.74) is 1.03. The van der Waals surface area contributed by atoms with E-state index in [0.29, 0.717) is 6.04 Å². The molecule has 0 saturated heterocycles. The molecule has 5 nitrogen and oxygen atoms in total. The van der Waals surface area contributed by atoms with Gasteiger partial charge in [0.2, 0.25) is 0 Å². The van der Waals surface area contributed by atoms with Crippen molar-refractivity contribution < 1.29 is 0 Å². The zero-order valence-corrected chi connectivity index (χ0v) is 12.0. The Bertz CT molecular complexity index is 505. The molecule has 0 aliphatic heterocycles. The molecule has 0 aliphatic rings. The van der Waals surface area contributed by atoms with Gasteiger partial charge >= 0.3 is 0 Å². The Hall–Kier alpha value is -1.62. The molecule has 0 saturated carbocycles. The molecule has 5 heteroatoms. The molecule has 1 N–H and O–H groups in total. The number of nitrogens with zero attached hydrogens (tertiary/aromatic N) is 4. The van der Waals surface area contributed by atoms with E-state index in [2.05, 4.69) is 41.2 Å². The van der Waals surface area contributed by atoms with Gasteiger partial charge in [-0.25, -0.2) is 9.50 Å². The summed E-state index contributed by atoms with van der Waals surface area (Å²) in [6.45, 7) is 6.54. The first kappa shape index (κ1) is 13.8. The van der Waals surface area contributed by atoms with Crippen LogP contribution in [0.4, 0.5) is 5.82 Å². The minimum atomic E-state index is 0.621. The average molecular weight is 261 g/mol. The Balaban J connectivity index is 1.76. The predicted molar refractivity (Wildman–Crippen MR) is 78.5 cm³/mol. The second-order valence-electron chi connectivity index (χ2n) is 5.15. The fraction of sp³-hybridized carbons (Fsp3) is 0.571. The third-order valence-corrected chi connectivity index (χ3v) is 3.44. The van der Waals surface area contributed by atoms with Crippen molar-refractivity contribution in [3.8, 4) is 0 Å². The van der Waals surface area contributed by atoms with Crippen LogP contribution in [0, 0.1) is 0 Å². The minimum Gasteiger partial charge on any atom is -0.368 e. The Morgan fingerprint density at radius 1 is 1.32 bits per heavy atom. The average Bonchev–Trinajstić information content (AvgIpc) is 2.87. The van der Waals surface area contributed by atoms with Crippen molar-refractivity contribution in [2.24, 2.45) is 0 Å². The summed E-state index contributed by atoms with van der Waals surface area (Å²) >= 11 is 0. The maximum Gasteiger partial charge on any atom is 0.152 e. The molecular weight excluding hydrogens is 238 g/mol. The highest BCUT2D eigenvalue weighted by atomic mass is 15.2. The van der Waals surface area contributed by atoms with Gasteiger partial charge in [-0.3, -0.25) is 0 Å². The molecule has 0 atom stereocenters. The highest BCUT2D eigenvalue weighted by Gasteiger charge is 2.03. The van der Waals surface area contributed by atoms with Gasteiger partial charge in [0.1, 0.15) is 5.52 Å². The first-order valence-electron chi connectivity index (χ1n) is 6.91. The molecule has 0 amide bonds. The summed E-state index contributed by atoms with van der Waals surface area (Å²) in [5.74, 6) is 0.914. The van der Waals surface area contributed by atoms with Gasteiger partial charge in [0.05, 0.1) is 6.20 Å². The van der Waals surface area contributed by atoms with Crippen molar-refractivity contribution in [3.05, 3.63) is 24.7 Å². The maximum absolute atomic E-state index is 4.36. The molecular formula is C14H23N5. The topological polar surface area (TPSA) is 45.5 Å². The van der Waals surface area contributed by atoms with Gasteiger partial charge in [0, 0.05) is 25.0 Å². The lowest BCUT2D eigenvalue weighted by molar-refractivity contribution is 0.269. The van der Waals surface area contributed by atoms with E-state index < -0.39 is 0 Å². The minimum absolute atomic E-state index is 0.621. The Morgan fingerprint density at radius 3 is 2.95 bits per heavy atom. The molecule has 104 valence electrons. The van der Waals surface area contributed by atoms with Crippen LogP contribution in [-0.4, -0.2) is 45.7 Å². The Morgan fingerprint density at radius 2 is 2.16 bits per heavy atom. The van der Waals surface area contributed by atoms with Crippen molar-refractivity contribution in [1.29, 1.82) is 0 Å². The lowest BCUT2D eigenvalue weighted by Gasteiger charge is -2.20. The van der Waals surface area contributed by atoms with E-state index in [0.717, 1.165) is 30.8 Å². The molecule has 0 aromatic carbocycles. The van der Waals surface area contributed by atoms with Gasteiger partial charge in [-0.15, -0.1) is 0 Å². The van der Waals surface area contributed by atoms with Gasteiger partial charge in [-0.1, -0.05) is 0 Å². The number of hydrogen-bond donors (Lipinski definition) is 1. The molecule has 2 aromatic rings. The summed E-state index contributed by atoms with van der Waals surface area (Å²) in [6.07, 6.45) is 7.77. The molecule has 2 heterocycles. The van der Waals surface area contributed by atoms with Crippen LogP contribution < -0.4 is 5.32 Å². The number of unbranched alkanes of at least 4 members (excludes halogenated alkanes) is 1. The SMILES string of the molecule is CC(C)N(C)CCCCNc1nccn2nccc12. The molecule has 0 radical (unpaired) electrons. The number of nitrogens with one attached hydrogen (secondary N) is 1. The first-order chi connectivity index (χ1) is 9.18. The summed E-state index contributed by atoms with van der Waals surface area (Å²) in [6, 6.07) is 2.59. The molecule has 0 fully saturated rings. The zero-order valence-electron chi connectivity index (χ0n) is 12.0. The second-order valence-corrected chi connectivity index (χ2v) is 5.15. The third kappa shape index (κ3) is 3.67. The highest BCUT2D eigenvalue weighted by Crippen LogP contribution is 2.12. The van der Waals surface area contributed by atoms with Crippen LogP contribution in [0.5, 0.6) is 0 Å². The van der Waals surface area contributed by atoms with Crippen LogP contribution in [0.2, 0.25) is 0 Å². The highest BCUT2D eigenvalue weighted by molar-refractivity contribution is 5.66. The predicted octanol–water partition coefficient (Wildman–Crippen LogP) is 2.26. The molecule has 0 spiro atoms.